The minimum Gasteiger partial charge on any atom is -0.383 e. The van der Waals surface area contributed by atoms with Crippen LogP contribution in [0.3, 0.4) is 0 Å². The Morgan fingerprint density at radius 3 is 2.85 bits per heavy atom. The number of anilines is 1. The van der Waals surface area contributed by atoms with Crippen LogP contribution in [0.1, 0.15) is 24.0 Å². The number of nitrogens with zero attached hydrogens (tertiary/aromatic N) is 3. The lowest BCUT2D eigenvalue weighted by molar-refractivity contribution is -0.385. The number of rotatable bonds is 4. The van der Waals surface area contributed by atoms with Crippen molar-refractivity contribution in [3.05, 3.63) is 80.3 Å². The van der Waals surface area contributed by atoms with E-state index < -0.39 is 21.8 Å². The summed E-state index contributed by atoms with van der Waals surface area (Å²) in [4.78, 5) is 27.5. The van der Waals surface area contributed by atoms with Crippen LogP contribution in [-0.2, 0) is 12.0 Å². The number of nitro groups is 1. The number of aromatic nitrogens is 2. The zero-order chi connectivity index (χ0) is 19.0. The number of aryl methyl sites for hydroxylation is 1. The van der Waals surface area contributed by atoms with Gasteiger partial charge in [-0.15, -0.1) is 0 Å². The number of hydrogen-bond donors (Lipinski definition) is 2. The summed E-state index contributed by atoms with van der Waals surface area (Å²) in [5, 5.41) is 25.5. The standard InChI is InChI=1S/C19H18N4O4/c24-18-16(23(26)27)17(21-15-9-3-4-11-22(15)18)20-12-19(25)10-5-7-13-6-1-2-8-14(13)19/h1-4,6,8-9,11,20,25H,5,7,10,12H2. The maximum Gasteiger partial charge on any atom is 0.376 e. The summed E-state index contributed by atoms with van der Waals surface area (Å²) in [5.41, 5.74) is -0.396. The molecule has 2 aromatic heterocycles. The molecule has 1 aromatic carbocycles. The van der Waals surface area contributed by atoms with Gasteiger partial charge in [-0.1, -0.05) is 30.3 Å². The Bertz CT molecular complexity index is 1090. The van der Waals surface area contributed by atoms with Crippen molar-refractivity contribution in [1.82, 2.24) is 9.38 Å². The van der Waals surface area contributed by atoms with Gasteiger partial charge in [-0.05, 0) is 42.5 Å². The molecule has 8 nitrogen and oxygen atoms in total. The molecule has 1 aliphatic carbocycles. The lowest BCUT2D eigenvalue weighted by Gasteiger charge is -2.34. The molecule has 1 atom stereocenters. The Hall–Kier alpha value is -3.26. The molecule has 1 aliphatic rings. The third kappa shape index (κ3) is 2.93. The second-order valence-corrected chi connectivity index (χ2v) is 6.70. The Labute approximate surface area is 154 Å². The molecular weight excluding hydrogens is 348 g/mol. The highest BCUT2D eigenvalue weighted by Crippen LogP contribution is 2.35. The normalized spacial score (nSPS) is 18.9. The van der Waals surface area contributed by atoms with Crippen molar-refractivity contribution < 1.29 is 10.0 Å². The monoisotopic (exact) mass is 366 g/mol. The molecular formula is C19H18N4O4. The Morgan fingerprint density at radius 2 is 2.04 bits per heavy atom. The Morgan fingerprint density at radius 1 is 1.26 bits per heavy atom. The predicted molar refractivity (Wildman–Crippen MR) is 99.9 cm³/mol. The van der Waals surface area contributed by atoms with Gasteiger partial charge in [0.05, 0.1) is 4.92 Å². The molecule has 1 unspecified atom stereocenters. The minimum atomic E-state index is -1.17. The molecule has 0 saturated heterocycles. The van der Waals surface area contributed by atoms with Crippen LogP contribution in [0, 0.1) is 10.1 Å². The summed E-state index contributed by atoms with van der Waals surface area (Å²) in [6, 6.07) is 12.5. The number of hydrogen-bond acceptors (Lipinski definition) is 6. The van der Waals surface area contributed by atoms with Crippen molar-refractivity contribution in [2.75, 3.05) is 11.9 Å². The number of benzene rings is 1. The van der Waals surface area contributed by atoms with E-state index in [2.05, 4.69) is 10.3 Å². The van der Waals surface area contributed by atoms with Gasteiger partial charge in [0.15, 0.2) is 0 Å². The third-order valence-corrected chi connectivity index (χ3v) is 5.00. The van der Waals surface area contributed by atoms with Crippen LogP contribution in [0.25, 0.3) is 5.65 Å². The van der Waals surface area contributed by atoms with E-state index in [4.69, 9.17) is 0 Å². The molecule has 138 valence electrons. The summed E-state index contributed by atoms with van der Waals surface area (Å²) in [6.45, 7) is 0.0281. The van der Waals surface area contributed by atoms with Crippen molar-refractivity contribution in [2.24, 2.45) is 0 Å². The Balaban J connectivity index is 1.74. The van der Waals surface area contributed by atoms with E-state index >= 15 is 0 Å². The highest BCUT2D eigenvalue weighted by atomic mass is 16.6. The third-order valence-electron chi connectivity index (χ3n) is 5.00. The largest absolute Gasteiger partial charge is 0.383 e. The molecule has 0 saturated carbocycles. The first-order valence-corrected chi connectivity index (χ1v) is 8.70. The van der Waals surface area contributed by atoms with Gasteiger partial charge in [0.1, 0.15) is 11.2 Å². The maximum absolute atomic E-state index is 12.5. The van der Waals surface area contributed by atoms with Gasteiger partial charge in [-0.3, -0.25) is 19.3 Å². The lowest BCUT2D eigenvalue weighted by atomic mass is 9.79. The topological polar surface area (TPSA) is 110 Å². The van der Waals surface area contributed by atoms with Crippen molar-refractivity contribution >= 4 is 17.2 Å². The predicted octanol–water partition coefficient (Wildman–Crippen LogP) is 2.24. The Kier molecular flexibility index (Phi) is 4.12. The SMILES string of the molecule is O=c1c([N+](=O)[O-])c(NCC2(O)CCCc3ccccc32)nc2ccccn12. The van der Waals surface area contributed by atoms with Crippen molar-refractivity contribution in [1.29, 1.82) is 0 Å². The fourth-order valence-corrected chi connectivity index (χ4v) is 3.68. The van der Waals surface area contributed by atoms with Crippen molar-refractivity contribution in [2.45, 2.75) is 24.9 Å². The summed E-state index contributed by atoms with van der Waals surface area (Å²) in [6.07, 6.45) is 3.66. The van der Waals surface area contributed by atoms with Crippen LogP contribution in [0.5, 0.6) is 0 Å². The highest BCUT2D eigenvalue weighted by Gasteiger charge is 2.35. The van der Waals surface area contributed by atoms with Gasteiger partial charge < -0.3 is 10.4 Å². The molecule has 0 spiro atoms. The van der Waals surface area contributed by atoms with E-state index in [-0.39, 0.29) is 12.4 Å². The van der Waals surface area contributed by atoms with E-state index in [0.29, 0.717) is 12.1 Å². The molecule has 0 aliphatic heterocycles. The van der Waals surface area contributed by atoms with Gasteiger partial charge >= 0.3 is 11.2 Å². The molecule has 3 aromatic rings. The number of fused-ring (bicyclic) bond motifs is 2. The number of nitrogens with one attached hydrogen (secondary N) is 1. The first-order valence-electron chi connectivity index (χ1n) is 8.70. The molecule has 2 N–H and O–H groups in total. The molecule has 0 bridgehead atoms. The van der Waals surface area contributed by atoms with E-state index in [0.717, 1.165) is 28.4 Å². The average Bonchev–Trinajstić information content (AvgIpc) is 2.67. The molecule has 0 fully saturated rings. The van der Waals surface area contributed by atoms with Gasteiger partial charge in [-0.25, -0.2) is 4.98 Å². The van der Waals surface area contributed by atoms with E-state index in [1.165, 1.54) is 6.20 Å². The summed E-state index contributed by atoms with van der Waals surface area (Å²) in [7, 11) is 0. The average molecular weight is 366 g/mol. The van der Waals surface area contributed by atoms with Crippen molar-refractivity contribution in [3.8, 4) is 0 Å². The zero-order valence-electron chi connectivity index (χ0n) is 14.5. The van der Waals surface area contributed by atoms with Crippen LogP contribution in [0.4, 0.5) is 11.5 Å². The van der Waals surface area contributed by atoms with Crippen LogP contribution in [0.15, 0.2) is 53.5 Å². The smallest absolute Gasteiger partial charge is 0.376 e. The molecule has 4 rings (SSSR count). The first kappa shape index (κ1) is 17.2. The van der Waals surface area contributed by atoms with E-state index in [1.807, 2.05) is 24.3 Å². The molecule has 27 heavy (non-hydrogen) atoms. The van der Waals surface area contributed by atoms with Gasteiger partial charge in [0, 0.05) is 12.7 Å². The van der Waals surface area contributed by atoms with E-state index in [1.54, 1.807) is 18.2 Å². The highest BCUT2D eigenvalue weighted by molar-refractivity contribution is 5.60. The van der Waals surface area contributed by atoms with Crippen LogP contribution < -0.4 is 10.9 Å². The number of aliphatic hydroxyl groups is 1. The zero-order valence-corrected chi connectivity index (χ0v) is 14.5. The van der Waals surface area contributed by atoms with Crippen LogP contribution in [-0.4, -0.2) is 26.0 Å². The fourth-order valence-electron chi connectivity index (χ4n) is 3.68. The molecule has 2 heterocycles. The second kappa shape index (κ2) is 6.48. The molecule has 8 heteroatoms. The van der Waals surface area contributed by atoms with Crippen LogP contribution in [0.2, 0.25) is 0 Å². The summed E-state index contributed by atoms with van der Waals surface area (Å²) < 4.78 is 1.13. The first-order chi connectivity index (χ1) is 13.0. The fraction of sp³-hybridized carbons (Fsp3) is 0.263. The summed E-state index contributed by atoms with van der Waals surface area (Å²) in [5.74, 6) is -0.132. The maximum atomic E-state index is 12.5. The van der Waals surface area contributed by atoms with Crippen LogP contribution >= 0.6 is 0 Å². The summed E-state index contributed by atoms with van der Waals surface area (Å²) >= 11 is 0. The molecule has 0 amide bonds. The lowest BCUT2D eigenvalue weighted by Crippen LogP contribution is -2.38. The quantitative estimate of drug-likeness (QED) is 0.541. The van der Waals surface area contributed by atoms with Gasteiger partial charge in [0.25, 0.3) is 0 Å². The minimum absolute atomic E-state index is 0.0281. The van der Waals surface area contributed by atoms with Crippen molar-refractivity contribution in [3.63, 3.8) is 0 Å². The van der Waals surface area contributed by atoms with Gasteiger partial charge in [-0.2, -0.15) is 0 Å². The van der Waals surface area contributed by atoms with E-state index in [9.17, 15) is 20.0 Å². The number of pyridine rings is 1. The molecule has 0 radical (unpaired) electrons. The second-order valence-electron chi connectivity index (χ2n) is 6.70. The van der Waals surface area contributed by atoms with Gasteiger partial charge in [0.2, 0.25) is 5.82 Å².